The number of aliphatic imine (C=N–C) groups is 1. The first kappa shape index (κ1) is 16.7. The van der Waals surface area contributed by atoms with E-state index in [4.69, 9.17) is 10.5 Å². The summed E-state index contributed by atoms with van der Waals surface area (Å²) in [5, 5.41) is 0. The molecular weight excluding hydrogens is 274 g/mol. The van der Waals surface area contributed by atoms with E-state index in [0.717, 1.165) is 51.3 Å². The summed E-state index contributed by atoms with van der Waals surface area (Å²) in [5.41, 5.74) is 7.34. The molecule has 0 unspecified atom stereocenters. The maximum absolute atomic E-state index is 6.06. The zero-order valence-corrected chi connectivity index (χ0v) is 13.8. The molecule has 122 valence electrons. The predicted molar refractivity (Wildman–Crippen MR) is 92.5 cm³/mol. The van der Waals surface area contributed by atoms with Crippen LogP contribution in [0.25, 0.3) is 0 Å². The molecule has 0 radical (unpaired) electrons. The maximum atomic E-state index is 6.06. The Labute approximate surface area is 134 Å². The highest BCUT2D eigenvalue weighted by Gasteiger charge is 2.11. The van der Waals surface area contributed by atoms with Gasteiger partial charge in [0.2, 0.25) is 0 Å². The second-order valence-electron chi connectivity index (χ2n) is 5.88. The molecule has 22 heavy (non-hydrogen) atoms. The average Bonchev–Trinajstić information content (AvgIpc) is 2.57. The number of likely N-dealkylation sites (tertiary alicyclic amines) is 1. The molecule has 1 saturated heterocycles. The van der Waals surface area contributed by atoms with Crippen LogP contribution in [-0.2, 0) is 6.42 Å². The Kier molecular flexibility index (Phi) is 7.07. The highest BCUT2D eigenvalue weighted by Crippen LogP contribution is 2.13. The van der Waals surface area contributed by atoms with E-state index in [1.807, 2.05) is 12.1 Å². The Morgan fingerprint density at radius 3 is 2.59 bits per heavy atom. The van der Waals surface area contributed by atoms with Crippen LogP contribution in [0.4, 0.5) is 0 Å². The monoisotopic (exact) mass is 303 g/mol. The summed E-state index contributed by atoms with van der Waals surface area (Å²) < 4.78 is 5.67. The molecule has 2 rings (SSSR count). The van der Waals surface area contributed by atoms with Gasteiger partial charge in [-0.25, -0.2) is 0 Å². The molecule has 0 saturated carbocycles. The van der Waals surface area contributed by atoms with E-state index in [-0.39, 0.29) is 0 Å². The van der Waals surface area contributed by atoms with E-state index in [1.165, 1.54) is 24.8 Å². The van der Waals surface area contributed by atoms with Gasteiger partial charge in [0.05, 0.1) is 6.61 Å². The Bertz CT molecular complexity index is 450. The van der Waals surface area contributed by atoms with Gasteiger partial charge in [-0.05, 0) is 49.8 Å². The third-order valence-corrected chi connectivity index (χ3v) is 4.04. The summed E-state index contributed by atoms with van der Waals surface area (Å²) >= 11 is 0. The van der Waals surface area contributed by atoms with Crippen LogP contribution < -0.4 is 10.5 Å². The van der Waals surface area contributed by atoms with Crippen LogP contribution in [0.5, 0.6) is 5.75 Å². The summed E-state index contributed by atoms with van der Waals surface area (Å²) in [7, 11) is 0. The van der Waals surface area contributed by atoms with Crippen molar-refractivity contribution in [3.8, 4) is 5.75 Å². The first-order valence-corrected chi connectivity index (χ1v) is 8.56. The molecule has 1 aromatic carbocycles. The first-order valence-electron chi connectivity index (χ1n) is 8.56. The highest BCUT2D eigenvalue weighted by atomic mass is 16.5. The van der Waals surface area contributed by atoms with Crippen molar-refractivity contribution < 1.29 is 4.74 Å². The second-order valence-corrected chi connectivity index (χ2v) is 5.88. The quantitative estimate of drug-likeness (QED) is 0.478. The minimum absolute atomic E-state index is 0.708. The van der Waals surface area contributed by atoms with Gasteiger partial charge in [0.25, 0.3) is 0 Å². The molecule has 1 aliphatic heterocycles. The van der Waals surface area contributed by atoms with E-state index >= 15 is 0 Å². The van der Waals surface area contributed by atoms with Crippen molar-refractivity contribution in [2.24, 2.45) is 10.7 Å². The largest absolute Gasteiger partial charge is 0.494 e. The standard InChI is InChI=1S/C18H29N3O/c1-2-3-15-22-17-9-7-16(8-10-17)11-12-20-18(19)21-13-5-4-6-14-21/h7-10H,2-6,11-15H2,1H3,(H2,19,20). The molecule has 0 bridgehead atoms. The molecule has 0 aliphatic carbocycles. The Morgan fingerprint density at radius 1 is 1.18 bits per heavy atom. The number of nitrogens with zero attached hydrogens (tertiary/aromatic N) is 2. The first-order chi connectivity index (χ1) is 10.8. The number of hydrogen-bond donors (Lipinski definition) is 1. The Morgan fingerprint density at radius 2 is 1.91 bits per heavy atom. The minimum Gasteiger partial charge on any atom is -0.494 e. The Balaban J connectivity index is 1.74. The summed E-state index contributed by atoms with van der Waals surface area (Å²) in [6, 6.07) is 8.33. The van der Waals surface area contributed by atoms with Crippen LogP contribution in [0.2, 0.25) is 0 Å². The molecule has 0 amide bonds. The van der Waals surface area contributed by atoms with Crippen LogP contribution in [0.1, 0.15) is 44.6 Å². The van der Waals surface area contributed by atoms with E-state index in [0.29, 0.717) is 5.96 Å². The molecular formula is C18H29N3O. The molecule has 0 spiro atoms. The molecule has 4 nitrogen and oxygen atoms in total. The summed E-state index contributed by atoms with van der Waals surface area (Å²) in [6.45, 7) is 5.83. The smallest absolute Gasteiger partial charge is 0.191 e. The number of piperidine rings is 1. The number of unbranched alkanes of at least 4 members (excludes halogenated alkanes) is 1. The second kappa shape index (κ2) is 9.34. The number of guanidine groups is 1. The van der Waals surface area contributed by atoms with Gasteiger partial charge in [0.15, 0.2) is 5.96 Å². The summed E-state index contributed by atoms with van der Waals surface area (Å²) in [6.07, 6.45) is 6.96. The lowest BCUT2D eigenvalue weighted by molar-refractivity contribution is 0.309. The molecule has 0 atom stereocenters. The fourth-order valence-corrected chi connectivity index (χ4v) is 2.61. The van der Waals surface area contributed by atoms with E-state index in [1.54, 1.807) is 0 Å². The molecule has 2 N–H and O–H groups in total. The number of nitrogens with two attached hydrogens (primary N) is 1. The summed E-state index contributed by atoms with van der Waals surface area (Å²) in [5.74, 6) is 1.66. The van der Waals surface area contributed by atoms with Crippen molar-refractivity contribution in [2.75, 3.05) is 26.2 Å². The van der Waals surface area contributed by atoms with Gasteiger partial charge in [0.1, 0.15) is 5.75 Å². The number of hydrogen-bond acceptors (Lipinski definition) is 2. The molecule has 1 fully saturated rings. The molecule has 0 aromatic heterocycles. The van der Waals surface area contributed by atoms with Crippen LogP contribution in [0.3, 0.4) is 0 Å². The van der Waals surface area contributed by atoms with Crippen LogP contribution in [0, 0.1) is 0 Å². The van der Waals surface area contributed by atoms with Crippen molar-refractivity contribution in [3.63, 3.8) is 0 Å². The van der Waals surface area contributed by atoms with Gasteiger partial charge >= 0.3 is 0 Å². The summed E-state index contributed by atoms with van der Waals surface area (Å²) in [4.78, 5) is 6.72. The third-order valence-electron chi connectivity index (χ3n) is 4.04. The van der Waals surface area contributed by atoms with Gasteiger partial charge in [-0.3, -0.25) is 4.99 Å². The molecule has 1 heterocycles. The van der Waals surface area contributed by atoms with Crippen molar-refractivity contribution in [1.82, 2.24) is 4.90 Å². The van der Waals surface area contributed by atoms with Crippen LogP contribution in [0.15, 0.2) is 29.3 Å². The normalized spacial score (nSPS) is 15.9. The zero-order chi connectivity index (χ0) is 15.6. The number of benzene rings is 1. The van der Waals surface area contributed by atoms with E-state index < -0.39 is 0 Å². The minimum atomic E-state index is 0.708. The van der Waals surface area contributed by atoms with Crippen LogP contribution >= 0.6 is 0 Å². The van der Waals surface area contributed by atoms with Crippen LogP contribution in [-0.4, -0.2) is 37.1 Å². The maximum Gasteiger partial charge on any atom is 0.191 e. The van der Waals surface area contributed by atoms with Gasteiger partial charge in [-0.1, -0.05) is 25.5 Å². The Hall–Kier alpha value is -1.71. The van der Waals surface area contributed by atoms with E-state index in [2.05, 4.69) is 28.9 Å². The zero-order valence-electron chi connectivity index (χ0n) is 13.8. The molecule has 1 aromatic rings. The van der Waals surface area contributed by atoms with Crippen molar-refractivity contribution in [3.05, 3.63) is 29.8 Å². The third kappa shape index (κ3) is 5.58. The van der Waals surface area contributed by atoms with Crippen molar-refractivity contribution in [2.45, 2.75) is 45.4 Å². The fraction of sp³-hybridized carbons (Fsp3) is 0.611. The number of rotatable bonds is 7. The van der Waals surface area contributed by atoms with E-state index in [9.17, 15) is 0 Å². The number of ether oxygens (including phenoxy) is 1. The van der Waals surface area contributed by atoms with Gasteiger partial charge < -0.3 is 15.4 Å². The van der Waals surface area contributed by atoms with Gasteiger partial charge in [-0.2, -0.15) is 0 Å². The van der Waals surface area contributed by atoms with Crippen molar-refractivity contribution >= 4 is 5.96 Å². The highest BCUT2D eigenvalue weighted by molar-refractivity contribution is 5.78. The van der Waals surface area contributed by atoms with Gasteiger partial charge in [-0.15, -0.1) is 0 Å². The topological polar surface area (TPSA) is 50.9 Å². The lowest BCUT2D eigenvalue weighted by Crippen LogP contribution is -2.41. The van der Waals surface area contributed by atoms with Crippen molar-refractivity contribution in [1.29, 1.82) is 0 Å². The molecule has 4 heteroatoms. The molecule has 1 aliphatic rings. The fourth-order valence-electron chi connectivity index (χ4n) is 2.61. The predicted octanol–water partition coefficient (Wildman–Crippen LogP) is 3.21. The van der Waals surface area contributed by atoms with Gasteiger partial charge in [0, 0.05) is 19.6 Å². The lowest BCUT2D eigenvalue weighted by atomic mass is 10.1. The average molecular weight is 303 g/mol. The lowest BCUT2D eigenvalue weighted by Gasteiger charge is -2.27. The SMILES string of the molecule is CCCCOc1ccc(CCN=C(N)N2CCCCC2)cc1.